The lowest BCUT2D eigenvalue weighted by Gasteiger charge is -2.13. The number of H-pyrrole nitrogens is 1. The summed E-state index contributed by atoms with van der Waals surface area (Å²) in [6, 6.07) is -0.309. The molecule has 3 N–H and O–H groups in total. The molecule has 2 aromatic heterocycles. The molecule has 0 amide bonds. The van der Waals surface area contributed by atoms with Crippen LogP contribution < -0.4 is 5.73 Å². The summed E-state index contributed by atoms with van der Waals surface area (Å²) in [5, 5.41) is 4.10. The topological polar surface area (TPSA) is 103 Å². The standard InChI is InChI=1S/C13H17N5O2/c14-10(3-7-5-15-6-16-7)13-17-12(18-20-13)9-4-8-1-2-11(9)19-8/h5-6,8-11H,1-4,14H2,(H,15,16)/t8?,9?,10-,11?/m1/s1. The van der Waals surface area contributed by atoms with Gasteiger partial charge < -0.3 is 20.0 Å². The van der Waals surface area contributed by atoms with E-state index in [0.29, 0.717) is 18.4 Å². The molecule has 3 unspecified atom stereocenters. The van der Waals surface area contributed by atoms with Crippen LogP contribution in [0.15, 0.2) is 17.0 Å². The highest BCUT2D eigenvalue weighted by molar-refractivity contribution is 5.09. The summed E-state index contributed by atoms with van der Waals surface area (Å²) < 4.78 is 11.1. The molecule has 2 aliphatic heterocycles. The fraction of sp³-hybridized carbons (Fsp3) is 0.615. The van der Waals surface area contributed by atoms with E-state index in [-0.39, 0.29) is 18.1 Å². The van der Waals surface area contributed by atoms with Gasteiger partial charge in [0.05, 0.1) is 30.5 Å². The van der Waals surface area contributed by atoms with E-state index < -0.39 is 0 Å². The molecule has 0 saturated carbocycles. The van der Waals surface area contributed by atoms with Gasteiger partial charge in [0.2, 0.25) is 5.89 Å². The van der Waals surface area contributed by atoms with Gasteiger partial charge in [-0.05, 0) is 19.3 Å². The Kier molecular flexibility index (Phi) is 2.82. The highest BCUT2D eigenvalue weighted by Crippen LogP contribution is 2.43. The number of rotatable bonds is 4. The molecule has 2 fully saturated rings. The zero-order valence-electron chi connectivity index (χ0n) is 11.0. The molecule has 20 heavy (non-hydrogen) atoms. The van der Waals surface area contributed by atoms with E-state index in [2.05, 4.69) is 20.1 Å². The van der Waals surface area contributed by atoms with Crippen molar-refractivity contribution in [2.45, 2.75) is 49.9 Å². The summed E-state index contributed by atoms with van der Waals surface area (Å²) in [6.45, 7) is 0. The number of ether oxygens (including phenoxy) is 1. The van der Waals surface area contributed by atoms with Crippen molar-refractivity contribution in [3.8, 4) is 0 Å². The third kappa shape index (κ3) is 2.03. The summed E-state index contributed by atoms with van der Waals surface area (Å²) in [5.74, 6) is 1.50. The molecule has 2 aromatic rings. The van der Waals surface area contributed by atoms with Crippen molar-refractivity contribution < 1.29 is 9.26 Å². The van der Waals surface area contributed by atoms with Gasteiger partial charge in [0, 0.05) is 18.3 Å². The summed E-state index contributed by atoms with van der Waals surface area (Å²) in [7, 11) is 0. The third-order valence-corrected chi connectivity index (χ3v) is 4.21. The summed E-state index contributed by atoms with van der Waals surface area (Å²) in [6.07, 6.45) is 7.88. The summed E-state index contributed by atoms with van der Waals surface area (Å²) >= 11 is 0. The summed E-state index contributed by atoms with van der Waals surface area (Å²) in [4.78, 5) is 11.5. The van der Waals surface area contributed by atoms with Crippen LogP contribution in [-0.2, 0) is 11.2 Å². The number of nitrogens with one attached hydrogen (secondary N) is 1. The van der Waals surface area contributed by atoms with Gasteiger partial charge in [0.1, 0.15) is 0 Å². The van der Waals surface area contributed by atoms with Crippen molar-refractivity contribution in [3.63, 3.8) is 0 Å². The lowest BCUT2D eigenvalue weighted by atomic mass is 9.89. The lowest BCUT2D eigenvalue weighted by molar-refractivity contribution is 0.0996. The maximum absolute atomic E-state index is 6.10. The predicted octanol–water partition coefficient (Wildman–Crippen LogP) is 1.07. The first-order chi connectivity index (χ1) is 9.79. The van der Waals surface area contributed by atoms with Crippen molar-refractivity contribution in [2.75, 3.05) is 0 Å². The van der Waals surface area contributed by atoms with Crippen LogP contribution >= 0.6 is 0 Å². The number of nitrogens with two attached hydrogens (primary N) is 1. The fourth-order valence-corrected chi connectivity index (χ4v) is 3.18. The van der Waals surface area contributed by atoms with Gasteiger partial charge in [-0.2, -0.15) is 4.98 Å². The minimum absolute atomic E-state index is 0.259. The average molecular weight is 275 g/mol. The van der Waals surface area contributed by atoms with Gasteiger partial charge in [0.25, 0.3) is 0 Å². The molecule has 7 nitrogen and oxygen atoms in total. The highest BCUT2D eigenvalue weighted by atomic mass is 16.5. The molecule has 4 atom stereocenters. The van der Waals surface area contributed by atoms with Crippen molar-refractivity contribution >= 4 is 0 Å². The molecule has 0 aliphatic carbocycles. The average Bonchev–Trinajstić information content (AvgIpc) is 3.22. The predicted molar refractivity (Wildman–Crippen MR) is 68.8 cm³/mol. The Morgan fingerprint density at radius 2 is 2.40 bits per heavy atom. The van der Waals surface area contributed by atoms with Crippen molar-refractivity contribution in [1.29, 1.82) is 0 Å². The maximum atomic E-state index is 6.10. The van der Waals surface area contributed by atoms with Gasteiger partial charge in [-0.1, -0.05) is 5.16 Å². The first kappa shape index (κ1) is 12.0. The molecule has 4 rings (SSSR count). The molecule has 0 spiro atoms. The van der Waals surface area contributed by atoms with Crippen LogP contribution in [0.5, 0.6) is 0 Å². The second-order valence-corrected chi connectivity index (χ2v) is 5.59. The van der Waals surface area contributed by atoms with E-state index in [1.165, 1.54) is 0 Å². The Morgan fingerprint density at radius 3 is 3.10 bits per heavy atom. The molecule has 7 heteroatoms. The summed E-state index contributed by atoms with van der Waals surface area (Å²) in [5.41, 5.74) is 7.06. The molecule has 106 valence electrons. The number of aromatic nitrogens is 4. The number of imidazole rings is 1. The molecule has 4 heterocycles. The van der Waals surface area contributed by atoms with Crippen molar-refractivity contribution in [1.82, 2.24) is 20.1 Å². The Balaban J connectivity index is 1.47. The number of nitrogens with zero attached hydrogens (tertiary/aromatic N) is 3. The lowest BCUT2D eigenvalue weighted by Crippen LogP contribution is -2.17. The van der Waals surface area contributed by atoms with Crippen LogP contribution in [0.4, 0.5) is 0 Å². The second-order valence-electron chi connectivity index (χ2n) is 5.59. The Hall–Kier alpha value is -1.73. The van der Waals surface area contributed by atoms with E-state index in [1.54, 1.807) is 12.5 Å². The minimum atomic E-state index is -0.309. The molecule has 0 aromatic carbocycles. The van der Waals surface area contributed by atoms with Gasteiger partial charge in [-0.3, -0.25) is 0 Å². The second kappa shape index (κ2) is 4.68. The monoisotopic (exact) mass is 275 g/mol. The van der Waals surface area contributed by atoms with Gasteiger partial charge in [-0.15, -0.1) is 0 Å². The third-order valence-electron chi connectivity index (χ3n) is 4.21. The van der Waals surface area contributed by atoms with E-state index in [0.717, 1.165) is 30.8 Å². The van der Waals surface area contributed by atoms with Gasteiger partial charge in [0.15, 0.2) is 5.82 Å². The Morgan fingerprint density at radius 1 is 1.45 bits per heavy atom. The fourth-order valence-electron chi connectivity index (χ4n) is 3.18. The maximum Gasteiger partial charge on any atom is 0.243 e. The first-order valence-electron chi connectivity index (χ1n) is 7.01. The normalized spacial score (nSPS) is 29.9. The first-order valence-corrected chi connectivity index (χ1v) is 7.01. The van der Waals surface area contributed by atoms with Crippen LogP contribution in [0.3, 0.4) is 0 Å². The zero-order chi connectivity index (χ0) is 13.5. The Bertz CT molecular complexity index is 581. The van der Waals surface area contributed by atoms with E-state index in [1.807, 2.05) is 0 Å². The van der Waals surface area contributed by atoms with Crippen LogP contribution in [0.1, 0.15) is 48.6 Å². The van der Waals surface area contributed by atoms with E-state index >= 15 is 0 Å². The van der Waals surface area contributed by atoms with Crippen molar-refractivity contribution in [2.24, 2.45) is 5.73 Å². The molecule has 0 radical (unpaired) electrons. The van der Waals surface area contributed by atoms with Crippen LogP contribution in [0, 0.1) is 0 Å². The number of hydrogen-bond donors (Lipinski definition) is 2. The minimum Gasteiger partial charge on any atom is -0.374 e. The molecule has 2 saturated heterocycles. The molecular weight excluding hydrogens is 258 g/mol. The van der Waals surface area contributed by atoms with Gasteiger partial charge >= 0.3 is 0 Å². The molecule has 2 aliphatic rings. The van der Waals surface area contributed by atoms with Crippen molar-refractivity contribution in [3.05, 3.63) is 29.9 Å². The zero-order valence-corrected chi connectivity index (χ0v) is 11.0. The molecule has 2 bridgehead atoms. The Labute approximate surface area is 115 Å². The number of fused-ring (bicyclic) bond motifs is 2. The highest BCUT2D eigenvalue weighted by Gasteiger charge is 2.43. The number of hydrogen-bond acceptors (Lipinski definition) is 6. The van der Waals surface area contributed by atoms with Crippen LogP contribution in [0.25, 0.3) is 0 Å². The van der Waals surface area contributed by atoms with Crippen LogP contribution in [-0.4, -0.2) is 32.3 Å². The largest absolute Gasteiger partial charge is 0.374 e. The smallest absolute Gasteiger partial charge is 0.243 e. The SMILES string of the molecule is N[C@H](Cc1cnc[nH]1)c1nc(C2CC3CCC2O3)no1. The quantitative estimate of drug-likeness (QED) is 0.865. The van der Waals surface area contributed by atoms with Crippen LogP contribution in [0.2, 0.25) is 0 Å². The van der Waals surface area contributed by atoms with Gasteiger partial charge in [-0.25, -0.2) is 4.98 Å². The van der Waals surface area contributed by atoms with E-state index in [9.17, 15) is 0 Å². The molecular formula is C13H17N5O2. The number of aromatic amines is 1. The van der Waals surface area contributed by atoms with E-state index in [4.69, 9.17) is 15.0 Å².